The molecule has 1 aliphatic carbocycles. The predicted octanol–water partition coefficient (Wildman–Crippen LogP) is 3.74. The lowest BCUT2D eigenvalue weighted by Gasteiger charge is -2.32. The molecule has 2 nitrogen and oxygen atoms in total. The lowest BCUT2D eigenvalue weighted by molar-refractivity contribution is 0.0499. The molecule has 0 spiro atoms. The molecule has 0 amide bonds. The van der Waals surface area contributed by atoms with Gasteiger partial charge in [-0.25, -0.2) is 0 Å². The smallest absolute Gasteiger partial charge is 0.0623 e. The minimum Gasteiger partial charge on any atom is -0.377 e. The van der Waals surface area contributed by atoms with Crippen LogP contribution in [0, 0.1) is 11.8 Å². The first-order chi connectivity index (χ1) is 8.13. The van der Waals surface area contributed by atoms with Crippen molar-refractivity contribution in [3.63, 3.8) is 0 Å². The topological polar surface area (TPSA) is 35.2 Å². The summed E-state index contributed by atoms with van der Waals surface area (Å²) in [6, 6.07) is 0.254. The summed E-state index contributed by atoms with van der Waals surface area (Å²) in [7, 11) is 0. The van der Waals surface area contributed by atoms with Gasteiger partial charge in [-0.3, -0.25) is 0 Å². The van der Waals surface area contributed by atoms with Crippen LogP contribution in [0.4, 0.5) is 0 Å². The molecule has 1 unspecified atom stereocenters. The van der Waals surface area contributed by atoms with Gasteiger partial charge in [0.25, 0.3) is 0 Å². The summed E-state index contributed by atoms with van der Waals surface area (Å²) in [6.45, 7) is 7.18. The number of hydrogen-bond acceptors (Lipinski definition) is 2. The molecule has 0 aromatic carbocycles. The number of hydrogen-bond donors (Lipinski definition) is 1. The van der Waals surface area contributed by atoms with Gasteiger partial charge in [-0.1, -0.05) is 39.0 Å². The average molecular weight is 241 g/mol. The van der Waals surface area contributed by atoms with E-state index >= 15 is 0 Å². The third-order valence-electron chi connectivity index (χ3n) is 4.08. The molecule has 0 radical (unpaired) electrons. The zero-order valence-corrected chi connectivity index (χ0v) is 12.0. The second-order valence-corrected chi connectivity index (χ2v) is 5.97. The molecule has 1 fully saturated rings. The van der Waals surface area contributed by atoms with E-state index < -0.39 is 0 Å². The van der Waals surface area contributed by atoms with Crippen molar-refractivity contribution in [2.24, 2.45) is 17.6 Å². The summed E-state index contributed by atoms with van der Waals surface area (Å²) in [6.07, 6.45) is 9.89. The van der Waals surface area contributed by atoms with E-state index in [1.54, 1.807) is 0 Å². The highest BCUT2D eigenvalue weighted by Crippen LogP contribution is 2.33. The van der Waals surface area contributed by atoms with Gasteiger partial charge in [0.05, 0.1) is 12.7 Å². The molecule has 0 aliphatic heterocycles. The quantitative estimate of drug-likeness (QED) is 0.737. The molecule has 2 N–H and O–H groups in total. The summed E-state index contributed by atoms with van der Waals surface area (Å²) < 4.78 is 5.62. The first-order valence-corrected chi connectivity index (χ1v) is 7.50. The fraction of sp³-hybridized carbons (Fsp3) is 1.00. The van der Waals surface area contributed by atoms with Crippen LogP contribution in [-0.2, 0) is 4.74 Å². The van der Waals surface area contributed by atoms with E-state index in [2.05, 4.69) is 20.8 Å². The Labute approximate surface area is 107 Å². The van der Waals surface area contributed by atoms with Crippen LogP contribution in [0.1, 0.15) is 65.7 Å². The Hall–Kier alpha value is -0.0800. The molecule has 2 heteroatoms. The zero-order chi connectivity index (χ0) is 12.7. The molecule has 1 aliphatic rings. The van der Waals surface area contributed by atoms with Crippen molar-refractivity contribution >= 4 is 0 Å². The van der Waals surface area contributed by atoms with Crippen LogP contribution in [0.5, 0.6) is 0 Å². The van der Waals surface area contributed by atoms with Crippen molar-refractivity contribution < 1.29 is 4.74 Å². The van der Waals surface area contributed by atoms with Gasteiger partial charge in [0, 0.05) is 6.04 Å². The molecular formula is C15H31NO. The van der Waals surface area contributed by atoms with Crippen molar-refractivity contribution in [2.45, 2.75) is 77.9 Å². The number of nitrogens with two attached hydrogens (primary N) is 1. The zero-order valence-electron chi connectivity index (χ0n) is 12.0. The normalized spacial score (nSPS) is 27.4. The van der Waals surface area contributed by atoms with Crippen molar-refractivity contribution in [1.29, 1.82) is 0 Å². The van der Waals surface area contributed by atoms with E-state index in [1.165, 1.54) is 44.9 Å². The second kappa shape index (κ2) is 8.10. The van der Waals surface area contributed by atoms with Gasteiger partial charge in [-0.05, 0) is 38.5 Å². The van der Waals surface area contributed by atoms with Gasteiger partial charge in [0.1, 0.15) is 0 Å². The fourth-order valence-electron chi connectivity index (χ4n) is 2.84. The van der Waals surface area contributed by atoms with Crippen LogP contribution in [0.2, 0.25) is 0 Å². The first kappa shape index (κ1) is 15.0. The van der Waals surface area contributed by atoms with Gasteiger partial charge in [-0.2, -0.15) is 0 Å². The highest BCUT2D eigenvalue weighted by molar-refractivity contribution is 4.79. The Morgan fingerprint density at radius 1 is 1.18 bits per heavy atom. The monoisotopic (exact) mass is 241 g/mol. The van der Waals surface area contributed by atoms with E-state index in [-0.39, 0.29) is 6.04 Å². The first-order valence-electron chi connectivity index (χ1n) is 7.50. The Kier molecular flexibility index (Phi) is 7.14. The molecule has 1 rings (SSSR count). The van der Waals surface area contributed by atoms with E-state index in [1.807, 2.05) is 0 Å². The molecule has 102 valence electrons. The summed E-state index contributed by atoms with van der Waals surface area (Å²) in [5.74, 6) is 1.68. The summed E-state index contributed by atoms with van der Waals surface area (Å²) in [4.78, 5) is 0. The van der Waals surface area contributed by atoms with Crippen LogP contribution >= 0.6 is 0 Å². The van der Waals surface area contributed by atoms with Crippen LogP contribution in [0.3, 0.4) is 0 Å². The second-order valence-electron chi connectivity index (χ2n) is 5.97. The molecule has 0 bridgehead atoms. The molecule has 0 heterocycles. The molecule has 17 heavy (non-hydrogen) atoms. The molecule has 0 saturated heterocycles. The van der Waals surface area contributed by atoms with Gasteiger partial charge >= 0.3 is 0 Å². The van der Waals surface area contributed by atoms with E-state index in [4.69, 9.17) is 10.5 Å². The molecule has 1 saturated carbocycles. The minimum absolute atomic E-state index is 0.254. The Balaban J connectivity index is 2.17. The van der Waals surface area contributed by atoms with Crippen molar-refractivity contribution in [3.8, 4) is 0 Å². The third kappa shape index (κ3) is 5.87. The van der Waals surface area contributed by atoms with Crippen LogP contribution in [0.25, 0.3) is 0 Å². The van der Waals surface area contributed by atoms with Gasteiger partial charge < -0.3 is 10.5 Å². The van der Waals surface area contributed by atoms with Crippen molar-refractivity contribution in [1.82, 2.24) is 0 Å². The highest BCUT2D eigenvalue weighted by atomic mass is 16.5. The highest BCUT2D eigenvalue weighted by Gasteiger charge is 2.25. The Morgan fingerprint density at radius 2 is 1.82 bits per heavy atom. The average Bonchev–Trinajstić information content (AvgIpc) is 2.34. The van der Waals surface area contributed by atoms with Crippen molar-refractivity contribution in [2.75, 3.05) is 6.61 Å². The molecular weight excluding hydrogens is 210 g/mol. The maximum Gasteiger partial charge on any atom is 0.0623 e. The fourth-order valence-corrected chi connectivity index (χ4v) is 2.84. The maximum absolute atomic E-state index is 6.22. The SMILES string of the molecule is CCCCC1CCC(C(N)COC(C)C)CC1. The van der Waals surface area contributed by atoms with Gasteiger partial charge in [0.15, 0.2) is 0 Å². The van der Waals surface area contributed by atoms with Crippen LogP contribution in [-0.4, -0.2) is 18.8 Å². The van der Waals surface area contributed by atoms with E-state index in [0.29, 0.717) is 12.0 Å². The van der Waals surface area contributed by atoms with E-state index in [0.717, 1.165) is 12.5 Å². The lowest BCUT2D eigenvalue weighted by Crippen LogP contribution is -2.37. The van der Waals surface area contributed by atoms with Gasteiger partial charge in [0.2, 0.25) is 0 Å². The minimum atomic E-state index is 0.254. The number of unbranched alkanes of at least 4 members (excludes halogenated alkanes) is 1. The van der Waals surface area contributed by atoms with E-state index in [9.17, 15) is 0 Å². The van der Waals surface area contributed by atoms with Gasteiger partial charge in [-0.15, -0.1) is 0 Å². The third-order valence-corrected chi connectivity index (χ3v) is 4.08. The van der Waals surface area contributed by atoms with Crippen LogP contribution in [0.15, 0.2) is 0 Å². The maximum atomic E-state index is 6.22. The van der Waals surface area contributed by atoms with Crippen molar-refractivity contribution in [3.05, 3.63) is 0 Å². The Morgan fingerprint density at radius 3 is 2.35 bits per heavy atom. The predicted molar refractivity (Wildman–Crippen MR) is 74.0 cm³/mol. The molecule has 0 aromatic heterocycles. The summed E-state index contributed by atoms with van der Waals surface area (Å²) in [5, 5.41) is 0. The number of rotatable bonds is 7. The number of ether oxygens (including phenoxy) is 1. The largest absolute Gasteiger partial charge is 0.377 e. The standard InChI is InChI=1S/C15H31NO/c1-4-5-6-13-7-9-14(10-8-13)15(16)11-17-12(2)3/h12-15H,4-11,16H2,1-3H3. The summed E-state index contributed by atoms with van der Waals surface area (Å²) >= 11 is 0. The van der Waals surface area contributed by atoms with Crippen LogP contribution < -0.4 is 5.73 Å². The Bertz CT molecular complexity index is 185. The lowest BCUT2D eigenvalue weighted by atomic mass is 9.77. The molecule has 0 aromatic rings. The summed E-state index contributed by atoms with van der Waals surface area (Å²) in [5.41, 5.74) is 6.22. The molecule has 1 atom stereocenters.